The number of amides is 1. The van der Waals surface area contributed by atoms with Gasteiger partial charge in [0.25, 0.3) is 5.91 Å². The number of carboxylic acids is 1. The van der Waals surface area contributed by atoms with E-state index < -0.39 is 12.6 Å². The van der Waals surface area contributed by atoms with Gasteiger partial charge in [0.15, 0.2) is 0 Å². The number of nitriles is 1. The van der Waals surface area contributed by atoms with Crippen LogP contribution in [0.25, 0.3) is 0 Å². The minimum absolute atomic E-state index is 0.0171. The molecule has 3 aromatic carbocycles. The smallest absolute Gasteiger partial charge is 0.329 e. The molecular weight excluding hydrogens is 523 g/mol. The quantitative estimate of drug-likeness (QED) is 0.395. The summed E-state index contributed by atoms with van der Waals surface area (Å²) in [5, 5.41) is 27.9. The summed E-state index contributed by atoms with van der Waals surface area (Å²) >= 11 is 6.35. The largest absolute Gasteiger partial charge is 0.480 e. The van der Waals surface area contributed by atoms with Gasteiger partial charge in [0.05, 0.1) is 34.6 Å². The van der Waals surface area contributed by atoms with E-state index in [0.717, 1.165) is 40.9 Å². The number of benzene rings is 3. The topological polar surface area (TPSA) is 115 Å². The van der Waals surface area contributed by atoms with Crippen molar-refractivity contribution in [3.05, 3.63) is 99.3 Å². The molecule has 3 aromatic rings. The maximum atomic E-state index is 13.8. The molecule has 5 rings (SSSR count). The number of carbonyl (C=O) groups excluding carboxylic acids is 1. The monoisotopic (exact) mass is 546 g/mol. The van der Waals surface area contributed by atoms with E-state index in [1.54, 1.807) is 36.4 Å². The van der Waals surface area contributed by atoms with E-state index in [2.05, 4.69) is 11.4 Å². The van der Waals surface area contributed by atoms with Crippen LogP contribution in [0.15, 0.2) is 65.8 Å². The van der Waals surface area contributed by atoms with Crippen molar-refractivity contribution in [2.24, 2.45) is 11.0 Å². The van der Waals surface area contributed by atoms with Crippen molar-refractivity contribution in [2.45, 2.75) is 18.9 Å². The van der Waals surface area contributed by atoms with Crippen molar-refractivity contribution >= 4 is 34.9 Å². The highest BCUT2D eigenvalue weighted by Gasteiger charge is 2.42. The first kappa shape index (κ1) is 26.4. The maximum Gasteiger partial charge on any atom is 0.329 e. The van der Waals surface area contributed by atoms with Gasteiger partial charge in [0.2, 0.25) is 0 Å². The fourth-order valence-corrected chi connectivity index (χ4v) is 5.33. The van der Waals surface area contributed by atoms with Gasteiger partial charge in [0, 0.05) is 23.6 Å². The summed E-state index contributed by atoms with van der Waals surface area (Å²) < 4.78 is 18.7. The van der Waals surface area contributed by atoms with Crippen LogP contribution >= 0.6 is 11.6 Å². The zero-order valence-electron chi connectivity index (χ0n) is 20.7. The van der Waals surface area contributed by atoms with E-state index in [1.165, 1.54) is 12.1 Å². The molecule has 0 radical (unpaired) electrons. The Morgan fingerprint density at radius 1 is 1.18 bits per heavy atom. The van der Waals surface area contributed by atoms with E-state index in [-0.39, 0.29) is 36.8 Å². The van der Waals surface area contributed by atoms with Crippen LogP contribution < -0.4 is 10.3 Å². The van der Waals surface area contributed by atoms with Crippen LogP contribution in [-0.4, -0.2) is 42.5 Å². The molecule has 0 spiro atoms. The van der Waals surface area contributed by atoms with Crippen molar-refractivity contribution in [2.75, 3.05) is 24.8 Å². The van der Waals surface area contributed by atoms with Crippen LogP contribution in [0.1, 0.15) is 45.1 Å². The highest BCUT2D eigenvalue weighted by molar-refractivity contribution is 6.32. The minimum Gasteiger partial charge on any atom is -0.480 e. The Kier molecular flexibility index (Phi) is 7.59. The first-order valence-electron chi connectivity index (χ1n) is 12.4. The third-order valence-electron chi connectivity index (χ3n) is 6.89. The van der Waals surface area contributed by atoms with Gasteiger partial charge in [-0.25, -0.2) is 9.18 Å². The Morgan fingerprint density at radius 2 is 1.97 bits per heavy atom. The Labute approximate surface area is 229 Å². The summed E-state index contributed by atoms with van der Waals surface area (Å²) in [6, 6.07) is 18.9. The summed E-state index contributed by atoms with van der Waals surface area (Å²) in [5.74, 6) is -1.64. The molecule has 10 heteroatoms. The van der Waals surface area contributed by atoms with Crippen molar-refractivity contribution in [3.8, 4) is 6.07 Å². The van der Waals surface area contributed by atoms with Gasteiger partial charge in [-0.2, -0.15) is 10.4 Å². The zero-order chi connectivity index (χ0) is 27.5. The second-order valence-electron chi connectivity index (χ2n) is 9.32. The van der Waals surface area contributed by atoms with Crippen molar-refractivity contribution in [3.63, 3.8) is 0 Å². The normalized spacial score (nSPS) is 17.6. The average Bonchev–Trinajstić information content (AvgIpc) is 3.32. The van der Waals surface area contributed by atoms with Gasteiger partial charge >= 0.3 is 5.97 Å². The van der Waals surface area contributed by atoms with Gasteiger partial charge in [-0.1, -0.05) is 29.8 Å². The number of hydrogen-bond acceptors (Lipinski definition) is 6. The van der Waals surface area contributed by atoms with Crippen LogP contribution in [-0.2, 0) is 16.0 Å². The number of aryl methyl sites for hydroxylation is 1. The zero-order valence-corrected chi connectivity index (χ0v) is 21.5. The van der Waals surface area contributed by atoms with E-state index >= 15 is 0 Å². The lowest BCUT2D eigenvalue weighted by molar-refractivity contribution is -0.142. The molecule has 0 aromatic heterocycles. The Bertz CT molecular complexity index is 1500. The summed E-state index contributed by atoms with van der Waals surface area (Å²) in [5.41, 5.74) is 5.31. The molecule has 2 unspecified atom stereocenters. The number of hydrazone groups is 1. The average molecular weight is 547 g/mol. The molecule has 0 fully saturated rings. The molecule has 0 bridgehead atoms. The van der Waals surface area contributed by atoms with E-state index in [4.69, 9.17) is 26.5 Å². The summed E-state index contributed by atoms with van der Waals surface area (Å²) in [4.78, 5) is 23.2. The van der Waals surface area contributed by atoms with Gasteiger partial charge in [0.1, 0.15) is 18.5 Å². The lowest BCUT2D eigenvalue weighted by Crippen LogP contribution is -2.30. The third-order valence-corrected chi connectivity index (χ3v) is 7.20. The molecular formula is C29H24ClFN4O4. The van der Waals surface area contributed by atoms with Crippen LogP contribution in [0, 0.1) is 23.1 Å². The maximum absolute atomic E-state index is 13.8. The molecule has 1 aliphatic heterocycles. The first-order chi connectivity index (χ1) is 18.9. The molecule has 0 saturated carbocycles. The number of hydrogen-bond donors (Lipinski definition) is 2. The summed E-state index contributed by atoms with van der Waals surface area (Å²) in [6.45, 7) is -0.122. The van der Waals surface area contributed by atoms with Crippen molar-refractivity contribution in [1.82, 2.24) is 5.32 Å². The fraction of sp³-hybridized carbons (Fsp3) is 0.241. The van der Waals surface area contributed by atoms with E-state index in [0.29, 0.717) is 16.1 Å². The molecule has 198 valence electrons. The van der Waals surface area contributed by atoms with Gasteiger partial charge < -0.3 is 15.2 Å². The number of halogens is 2. The lowest BCUT2D eigenvalue weighted by Gasteiger charge is -2.31. The van der Waals surface area contributed by atoms with Crippen molar-refractivity contribution < 1.29 is 23.8 Å². The van der Waals surface area contributed by atoms with Gasteiger partial charge in [-0.3, -0.25) is 9.80 Å². The molecule has 1 heterocycles. The predicted molar refractivity (Wildman–Crippen MR) is 143 cm³/mol. The molecule has 2 N–H and O–H groups in total. The van der Waals surface area contributed by atoms with Crippen molar-refractivity contribution in [1.29, 1.82) is 5.26 Å². The van der Waals surface area contributed by atoms with Crippen LogP contribution in [0.4, 0.5) is 10.1 Å². The summed E-state index contributed by atoms with van der Waals surface area (Å²) in [6.07, 6.45) is 1.49. The first-order valence-corrected chi connectivity index (χ1v) is 12.8. The third kappa shape index (κ3) is 5.48. The van der Waals surface area contributed by atoms with Crippen LogP contribution in [0.3, 0.4) is 0 Å². The van der Waals surface area contributed by atoms with Gasteiger partial charge in [-0.15, -0.1) is 0 Å². The van der Waals surface area contributed by atoms with Gasteiger partial charge in [-0.05, 0) is 66.4 Å². The van der Waals surface area contributed by atoms with Crippen LogP contribution in [0.2, 0.25) is 5.02 Å². The number of carboxylic acid groups (broad SMARTS) is 1. The van der Waals surface area contributed by atoms with E-state index in [9.17, 15) is 19.2 Å². The molecule has 2 aliphatic rings. The number of carbonyl (C=O) groups is 2. The molecule has 1 aliphatic carbocycles. The fourth-order valence-electron chi connectivity index (χ4n) is 5.11. The minimum atomic E-state index is -1.06. The SMILES string of the molecule is N#Cc1ccc(N2N=C3c4ccc(C(=O)NCCOCC(=O)O)cc4CCC3C2c2ccc(F)cc2)cc1Cl. The molecule has 8 nitrogen and oxygen atoms in total. The Morgan fingerprint density at radius 3 is 2.69 bits per heavy atom. The summed E-state index contributed by atoms with van der Waals surface area (Å²) in [7, 11) is 0. The second-order valence-corrected chi connectivity index (χ2v) is 9.73. The standard InChI is InChI=1S/C29H24ClFN4O4/c30-25-14-22(8-3-20(25)15-32)35-28(17-1-6-21(31)7-2-17)24-10-4-18-13-19(5-9-23(18)27(24)34-35)29(38)33-11-12-39-16-26(36)37/h1-3,5-9,13-14,24,28H,4,10-12,16H2,(H,33,38)(H,36,37). The lowest BCUT2D eigenvalue weighted by atomic mass is 9.77. The number of fused-ring (bicyclic) bond motifs is 3. The molecule has 39 heavy (non-hydrogen) atoms. The number of nitrogens with one attached hydrogen (secondary N) is 1. The molecule has 1 amide bonds. The number of ether oxygens (including phenoxy) is 1. The number of aliphatic carboxylic acids is 1. The Balaban J connectivity index is 1.43. The highest BCUT2D eigenvalue weighted by atomic mass is 35.5. The number of anilines is 1. The Hall–Kier alpha value is -4.26. The van der Waals surface area contributed by atoms with E-state index in [1.807, 2.05) is 17.1 Å². The number of nitrogens with zero attached hydrogens (tertiary/aromatic N) is 3. The molecule has 2 atom stereocenters. The highest BCUT2D eigenvalue weighted by Crippen LogP contribution is 2.46. The molecule has 0 saturated heterocycles. The second kappa shape index (κ2) is 11.2. The van der Waals surface area contributed by atoms with Crippen LogP contribution in [0.5, 0.6) is 0 Å². The predicted octanol–water partition coefficient (Wildman–Crippen LogP) is 4.71. The number of rotatable bonds is 8.